The number of benzene rings is 1. The summed E-state index contributed by atoms with van der Waals surface area (Å²) in [4.78, 5) is 10.9. The summed E-state index contributed by atoms with van der Waals surface area (Å²) in [5.74, 6) is 0. The molecular weight excluding hydrogens is 200 g/mol. The van der Waals surface area contributed by atoms with Crippen LogP contribution in [0.3, 0.4) is 0 Å². The predicted molar refractivity (Wildman–Crippen MR) is 63.5 cm³/mol. The maximum absolute atomic E-state index is 10.9. The van der Waals surface area contributed by atoms with E-state index >= 15 is 0 Å². The van der Waals surface area contributed by atoms with Crippen molar-refractivity contribution in [2.45, 2.75) is 13.8 Å². The molecule has 2 rings (SSSR count). The molecule has 0 aliphatic heterocycles. The minimum absolute atomic E-state index is 0.785. The minimum Gasteiger partial charge on any atom is -0.298 e. The highest BCUT2D eigenvalue weighted by atomic mass is 16.1. The number of rotatable bonds is 2. The van der Waals surface area contributed by atoms with Gasteiger partial charge in [0.1, 0.15) is 0 Å². The molecule has 0 aliphatic rings. The van der Waals surface area contributed by atoms with Crippen molar-refractivity contribution in [3.8, 4) is 11.1 Å². The van der Waals surface area contributed by atoms with Gasteiger partial charge >= 0.3 is 0 Å². The lowest BCUT2D eigenvalue weighted by Gasteiger charge is -2.06. The summed E-state index contributed by atoms with van der Waals surface area (Å²) in [6.07, 6.45) is 4.71. The maximum atomic E-state index is 10.9. The lowest BCUT2D eigenvalue weighted by atomic mass is 9.98. The zero-order chi connectivity index (χ0) is 11.7. The van der Waals surface area contributed by atoms with Crippen molar-refractivity contribution >= 4 is 6.29 Å². The summed E-state index contributed by atoms with van der Waals surface area (Å²) in [5.41, 5.74) is 4.98. The normalized spacial score (nSPS) is 10.4. The van der Waals surface area contributed by atoms with Gasteiger partial charge in [0.2, 0.25) is 0 Å². The van der Waals surface area contributed by atoms with E-state index in [0.29, 0.717) is 0 Å². The third kappa shape index (κ3) is 1.76. The van der Waals surface area contributed by atoms with Crippen LogP contribution in [0, 0.1) is 13.8 Å². The molecule has 0 saturated carbocycles. The van der Waals surface area contributed by atoms with Crippen molar-refractivity contribution < 1.29 is 4.79 Å². The first kappa shape index (κ1) is 10.6. The zero-order valence-electron chi connectivity index (χ0n) is 9.69. The van der Waals surface area contributed by atoms with Crippen LogP contribution < -0.4 is 0 Å². The first-order valence-electron chi connectivity index (χ1n) is 5.17. The fraction of sp³-hybridized carbons (Fsp3) is 0.231. The molecular formula is C13H14N2O. The maximum Gasteiger partial charge on any atom is 0.150 e. The summed E-state index contributed by atoms with van der Waals surface area (Å²) >= 11 is 0. The molecule has 1 aromatic heterocycles. The van der Waals surface area contributed by atoms with E-state index in [-0.39, 0.29) is 0 Å². The Balaban J connectivity index is 2.56. The quantitative estimate of drug-likeness (QED) is 0.720. The highest BCUT2D eigenvalue weighted by Gasteiger charge is 2.06. The van der Waals surface area contributed by atoms with E-state index in [4.69, 9.17) is 0 Å². The van der Waals surface area contributed by atoms with E-state index in [1.165, 1.54) is 0 Å². The SMILES string of the molecule is Cc1cc(-c2cnn(C)c2)cc(C)c1C=O. The first-order valence-corrected chi connectivity index (χ1v) is 5.17. The van der Waals surface area contributed by atoms with Crippen molar-refractivity contribution in [3.05, 3.63) is 41.2 Å². The summed E-state index contributed by atoms with van der Waals surface area (Å²) in [6, 6.07) is 4.04. The first-order chi connectivity index (χ1) is 7.61. The van der Waals surface area contributed by atoms with E-state index in [0.717, 1.165) is 34.1 Å². The van der Waals surface area contributed by atoms with Crippen LogP contribution in [0.1, 0.15) is 21.5 Å². The number of carbonyl (C=O) groups is 1. The van der Waals surface area contributed by atoms with Gasteiger partial charge in [-0.25, -0.2) is 0 Å². The predicted octanol–water partition coefficient (Wildman–Crippen LogP) is 2.52. The molecule has 0 spiro atoms. The number of aryl methyl sites for hydroxylation is 3. The Morgan fingerprint density at radius 1 is 1.19 bits per heavy atom. The fourth-order valence-electron chi connectivity index (χ4n) is 1.90. The molecule has 1 heterocycles. The van der Waals surface area contributed by atoms with Crippen molar-refractivity contribution in [1.29, 1.82) is 0 Å². The average molecular weight is 214 g/mol. The largest absolute Gasteiger partial charge is 0.298 e. The number of hydrogen-bond donors (Lipinski definition) is 0. The van der Waals surface area contributed by atoms with Crippen LogP contribution in [0.4, 0.5) is 0 Å². The van der Waals surface area contributed by atoms with Crippen LogP contribution in [-0.4, -0.2) is 16.1 Å². The van der Waals surface area contributed by atoms with Crippen LogP contribution in [0.5, 0.6) is 0 Å². The van der Waals surface area contributed by atoms with Gasteiger partial charge in [-0.2, -0.15) is 5.10 Å². The van der Waals surface area contributed by atoms with E-state index in [1.54, 1.807) is 4.68 Å². The third-order valence-corrected chi connectivity index (χ3v) is 2.75. The third-order valence-electron chi connectivity index (χ3n) is 2.75. The molecule has 0 bridgehead atoms. The monoisotopic (exact) mass is 214 g/mol. The number of hydrogen-bond acceptors (Lipinski definition) is 2. The molecule has 0 amide bonds. The van der Waals surface area contributed by atoms with Gasteiger partial charge in [-0.15, -0.1) is 0 Å². The van der Waals surface area contributed by atoms with Gasteiger partial charge < -0.3 is 0 Å². The van der Waals surface area contributed by atoms with Crippen LogP contribution in [-0.2, 0) is 7.05 Å². The number of aldehydes is 1. The van der Waals surface area contributed by atoms with Gasteiger partial charge in [-0.05, 0) is 30.5 Å². The molecule has 0 fully saturated rings. The Bertz CT molecular complexity index is 518. The van der Waals surface area contributed by atoms with E-state index in [9.17, 15) is 4.79 Å². The number of nitrogens with zero attached hydrogens (tertiary/aromatic N) is 2. The molecule has 0 atom stereocenters. The highest BCUT2D eigenvalue weighted by Crippen LogP contribution is 2.23. The fourth-order valence-corrected chi connectivity index (χ4v) is 1.90. The molecule has 82 valence electrons. The smallest absolute Gasteiger partial charge is 0.150 e. The zero-order valence-corrected chi connectivity index (χ0v) is 9.69. The molecule has 0 N–H and O–H groups in total. The Kier molecular flexibility index (Phi) is 2.60. The average Bonchev–Trinajstić information content (AvgIpc) is 2.64. The van der Waals surface area contributed by atoms with Crippen molar-refractivity contribution in [2.24, 2.45) is 7.05 Å². The second-order valence-electron chi connectivity index (χ2n) is 4.04. The van der Waals surface area contributed by atoms with Gasteiger partial charge in [-0.1, -0.05) is 12.1 Å². The van der Waals surface area contributed by atoms with Crippen molar-refractivity contribution in [1.82, 2.24) is 9.78 Å². The second-order valence-corrected chi connectivity index (χ2v) is 4.04. The lowest BCUT2D eigenvalue weighted by Crippen LogP contribution is -1.92. The molecule has 0 radical (unpaired) electrons. The number of carbonyl (C=O) groups excluding carboxylic acids is 1. The summed E-state index contributed by atoms with van der Waals surface area (Å²) in [6.45, 7) is 3.91. The van der Waals surface area contributed by atoms with Crippen molar-refractivity contribution in [3.63, 3.8) is 0 Å². The molecule has 0 saturated heterocycles. The molecule has 16 heavy (non-hydrogen) atoms. The highest BCUT2D eigenvalue weighted by molar-refractivity contribution is 5.82. The van der Waals surface area contributed by atoms with Crippen molar-refractivity contribution in [2.75, 3.05) is 0 Å². The Morgan fingerprint density at radius 2 is 1.81 bits per heavy atom. The topological polar surface area (TPSA) is 34.9 Å². The standard InChI is InChI=1S/C13H14N2O/c1-9-4-11(5-10(2)13(9)8-16)12-6-14-15(3)7-12/h4-8H,1-3H3. The van der Waals surface area contributed by atoms with Gasteiger partial charge in [0.25, 0.3) is 0 Å². The molecule has 1 aromatic carbocycles. The van der Waals surface area contributed by atoms with Gasteiger partial charge in [-0.3, -0.25) is 9.48 Å². The van der Waals surface area contributed by atoms with Gasteiger partial charge in [0, 0.05) is 24.4 Å². The Labute approximate surface area is 94.7 Å². The van der Waals surface area contributed by atoms with Gasteiger partial charge in [0.05, 0.1) is 6.20 Å². The molecule has 3 nitrogen and oxygen atoms in total. The molecule has 0 aliphatic carbocycles. The van der Waals surface area contributed by atoms with E-state index in [2.05, 4.69) is 5.10 Å². The van der Waals surface area contributed by atoms with E-state index in [1.807, 2.05) is 45.4 Å². The van der Waals surface area contributed by atoms with Crippen LogP contribution in [0.25, 0.3) is 11.1 Å². The lowest BCUT2D eigenvalue weighted by molar-refractivity contribution is 0.112. The van der Waals surface area contributed by atoms with Gasteiger partial charge in [0.15, 0.2) is 6.29 Å². The van der Waals surface area contributed by atoms with E-state index < -0.39 is 0 Å². The van der Waals surface area contributed by atoms with Crippen LogP contribution in [0.2, 0.25) is 0 Å². The molecule has 2 aromatic rings. The summed E-state index contributed by atoms with van der Waals surface area (Å²) < 4.78 is 1.77. The summed E-state index contributed by atoms with van der Waals surface area (Å²) in [7, 11) is 1.89. The van der Waals surface area contributed by atoms with Crippen LogP contribution >= 0.6 is 0 Å². The molecule has 3 heteroatoms. The molecule has 0 unspecified atom stereocenters. The summed E-state index contributed by atoms with van der Waals surface area (Å²) in [5, 5.41) is 4.14. The van der Waals surface area contributed by atoms with Crippen LogP contribution in [0.15, 0.2) is 24.5 Å². The Hall–Kier alpha value is -1.90. The number of aromatic nitrogens is 2. The minimum atomic E-state index is 0.785. The second kappa shape index (κ2) is 3.93. The Morgan fingerprint density at radius 3 is 2.25 bits per heavy atom.